The van der Waals surface area contributed by atoms with E-state index < -0.39 is 6.10 Å². The Balaban J connectivity index is 2.63. The first-order valence-electron chi connectivity index (χ1n) is 4.23. The predicted molar refractivity (Wildman–Crippen MR) is 46.5 cm³/mol. The monoisotopic (exact) mass is 167 g/mol. The van der Waals surface area contributed by atoms with Crippen LogP contribution in [-0.4, -0.2) is 17.3 Å². The van der Waals surface area contributed by atoms with Gasteiger partial charge in [0.2, 0.25) is 0 Å². The molecule has 0 saturated carbocycles. The number of rotatable bonds is 1. The van der Waals surface area contributed by atoms with E-state index in [0.29, 0.717) is 0 Å². The molecule has 0 spiro atoms. The summed E-state index contributed by atoms with van der Waals surface area (Å²) in [5.41, 5.74) is 8.21. The van der Waals surface area contributed by atoms with E-state index >= 15 is 0 Å². The highest BCUT2D eigenvalue weighted by Crippen LogP contribution is 2.14. The summed E-state index contributed by atoms with van der Waals surface area (Å²) in [6, 6.07) is -0.365. The number of aliphatic hydroxyl groups is 1. The second kappa shape index (κ2) is 4.80. The lowest BCUT2D eigenvalue weighted by atomic mass is 10.0. The summed E-state index contributed by atoms with van der Waals surface area (Å²) < 4.78 is 0. The predicted octanol–water partition coefficient (Wildman–Crippen LogP) is 2.16. The molecule has 0 unspecified atom stereocenters. The molecule has 1 aliphatic carbocycles. The Bertz CT molecular complexity index is 208. The lowest BCUT2D eigenvalue weighted by Gasteiger charge is -2.16. The molecule has 0 aromatic heterocycles. The van der Waals surface area contributed by atoms with Gasteiger partial charge >= 0.3 is 0 Å². The Morgan fingerprint density at radius 2 is 2.33 bits per heavy atom. The molecule has 0 bridgehead atoms. The van der Waals surface area contributed by atoms with Crippen molar-refractivity contribution in [3.8, 4) is 0 Å². The normalized spacial score (nSPS) is 32.8. The van der Waals surface area contributed by atoms with Crippen LogP contribution in [0.2, 0.25) is 0 Å². The molecule has 0 fully saturated rings. The van der Waals surface area contributed by atoms with Crippen LogP contribution in [0.4, 0.5) is 0 Å². The zero-order valence-electron chi connectivity index (χ0n) is 6.93. The Morgan fingerprint density at radius 3 is 3.08 bits per heavy atom. The standard InChI is InChI=1S/C8H13N3O/c9-11-10-7-5-3-1-2-4-6-8(7)12/h3,5,7-8,12H,1-2,4,6H2/b5-3-/t7-,8-/m1/s1. The largest absolute Gasteiger partial charge is 0.392 e. The first kappa shape index (κ1) is 9.10. The van der Waals surface area contributed by atoms with Crippen molar-refractivity contribution in [1.82, 2.24) is 0 Å². The van der Waals surface area contributed by atoms with Crippen LogP contribution < -0.4 is 0 Å². The van der Waals surface area contributed by atoms with Gasteiger partial charge in [-0.05, 0) is 24.8 Å². The SMILES string of the molecule is [N-]=[N+]=N[C@@H]1/C=C\CCCC[C@H]1O. The van der Waals surface area contributed by atoms with Gasteiger partial charge in [-0.2, -0.15) is 0 Å². The first-order chi connectivity index (χ1) is 5.84. The van der Waals surface area contributed by atoms with E-state index in [1.165, 1.54) is 0 Å². The van der Waals surface area contributed by atoms with Gasteiger partial charge in [-0.15, -0.1) is 0 Å². The molecule has 0 radical (unpaired) electrons. The average molecular weight is 167 g/mol. The molecule has 0 aliphatic heterocycles. The molecule has 4 nitrogen and oxygen atoms in total. The van der Waals surface area contributed by atoms with Crippen LogP contribution in [-0.2, 0) is 0 Å². The second-order valence-electron chi connectivity index (χ2n) is 2.98. The summed E-state index contributed by atoms with van der Waals surface area (Å²) in [6.07, 6.45) is 7.13. The Hall–Kier alpha value is -0.990. The first-order valence-corrected chi connectivity index (χ1v) is 4.23. The fourth-order valence-electron chi connectivity index (χ4n) is 1.33. The molecule has 1 aliphatic rings. The van der Waals surface area contributed by atoms with Crippen LogP contribution >= 0.6 is 0 Å². The molecule has 0 aromatic carbocycles. The van der Waals surface area contributed by atoms with Crippen molar-refractivity contribution in [3.05, 3.63) is 22.6 Å². The molecule has 4 heteroatoms. The number of azide groups is 1. The minimum Gasteiger partial charge on any atom is -0.392 e. The minimum atomic E-state index is -0.502. The Morgan fingerprint density at radius 1 is 1.50 bits per heavy atom. The fourth-order valence-corrected chi connectivity index (χ4v) is 1.33. The molecule has 12 heavy (non-hydrogen) atoms. The Kier molecular flexibility index (Phi) is 3.64. The minimum absolute atomic E-state index is 0.365. The van der Waals surface area contributed by atoms with Gasteiger partial charge in [0.15, 0.2) is 0 Å². The third-order valence-electron chi connectivity index (χ3n) is 2.03. The van der Waals surface area contributed by atoms with Crippen molar-refractivity contribution in [2.45, 2.75) is 37.8 Å². The van der Waals surface area contributed by atoms with Gasteiger partial charge in [0.05, 0.1) is 12.1 Å². The molecule has 0 amide bonds. The van der Waals surface area contributed by atoms with Gasteiger partial charge in [-0.3, -0.25) is 0 Å². The van der Waals surface area contributed by atoms with Gasteiger partial charge in [0, 0.05) is 4.91 Å². The number of hydrogen-bond donors (Lipinski definition) is 1. The molecule has 66 valence electrons. The van der Waals surface area contributed by atoms with E-state index in [2.05, 4.69) is 10.0 Å². The lowest BCUT2D eigenvalue weighted by Crippen LogP contribution is -2.22. The summed E-state index contributed by atoms with van der Waals surface area (Å²) in [5, 5.41) is 13.0. The van der Waals surface area contributed by atoms with Crippen molar-refractivity contribution in [2.24, 2.45) is 5.11 Å². The molecule has 0 heterocycles. The summed E-state index contributed by atoms with van der Waals surface area (Å²) in [5.74, 6) is 0. The van der Waals surface area contributed by atoms with Gasteiger partial charge < -0.3 is 5.11 Å². The topological polar surface area (TPSA) is 69.0 Å². The molecule has 2 atom stereocenters. The smallest absolute Gasteiger partial charge is 0.0814 e. The van der Waals surface area contributed by atoms with Crippen molar-refractivity contribution in [2.75, 3.05) is 0 Å². The number of aliphatic hydroxyl groups excluding tert-OH is 1. The third kappa shape index (κ3) is 2.57. The highest BCUT2D eigenvalue weighted by Gasteiger charge is 2.15. The van der Waals surface area contributed by atoms with Crippen molar-refractivity contribution >= 4 is 0 Å². The van der Waals surface area contributed by atoms with Gasteiger partial charge in [0.25, 0.3) is 0 Å². The number of allylic oxidation sites excluding steroid dienone is 1. The quantitative estimate of drug-likeness (QED) is 0.276. The van der Waals surface area contributed by atoms with Crippen molar-refractivity contribution in [3.63, 3.8) is 0 Å². The van der Waals surface area contributed by atoms with E-state index in [9.17, 15) is 5.11 Å². The zero-order valence-corrected chi connectivity index (χ0v) is 6.93. The van der Waals surface area contributed by atoms with E-state index in [0.717, 1.165) is 25.7 Å². The molecular weight excluding hydrogens is 154 g/mol. The van der Waals surface area contributed by atoms with E-state index in [1.807, 2.05) is 6.08 Å². The van der Waals surface area contributed by atoms with Crippen molar-refractivity contribution < 1.29 is 5.11 Å². The van der Waals surface area contributed by atoms with Crippen LogP contribution in [0.25, 0.3) is 10.4 Å². The van der Waals surface area contributed by atoms with Gasteiger partial charge in [0.1, 0.15) is 0 Å². The van der Waals surface area contributed by atoms with E-state index in [-0.39, 0.29) is 6.04 Å². The fraction of sp³-hybridized carbons (Fsp3) is 0.750. The van der Waals surface area contributed by atoms with Crippen LogP contribution in [0.1, 0.15) is 25.7 Å². The summed E-state index contributed by atoms with van der Waals surface area (Å²) in [6.45, 7) is 0. The van der Waals surface area contributed by atoms with Crippen LogP contribution in [0, 0.1) is 0 Å². The molecule has 0 aromatic rings. The maximum atomic E-state index is 9.49. The van der Waals surface area contributed by atoms with E-state index in [1.54, 1.807) is 6.08 Å². The Labute approximate surface area is 71.5 Å². The molecule has 0 saturated heterocycles. The van der Waals surface area contributed by atoms with Crippen LogP contribution in [0.15, 0.2) is 17.3 Å². The highest BCUT2D eigenvalue weighted by atomic mass is 16.3. The van der Waals surface area contributed by atoms with Crippen LogP contribution in [0.3, 0.4) is 0 Å². The molecular formula is C8H13N3O. The number of hydrogen-bond acceptors (Lipinski definition) is 2. The van der Waals surface area contributed by atoms with Crippen molar-refractivity contribution in [1.29, 1.82) is 0 Å². The molecule has 1 rings (SSSR count). The van der Waals surface area contributed by atoms with Gasteiger partial charge in [-0.25, -0.2) is 0 Å². The van der Waals surface area contributed by atoms with Gasteiger partial charge in [-0.1, -0.05) is 23.7 Å². The summed E-state index contributed by atoms with van der Waals surface area (Å²) in [7, 11) is 0. The second-order valence-corrected chi connectivity index (χ2v) is 2.98. The maximum Gasteiger partial charge on any atom is 0.0814 e. The maximum absolute atomic E-state index is 9.49. The van der Waals surface area contributed by atoms with E-state index in [4.69, 9.17) is 5.53 Å². The highest BCUT2D eigenvalue weighted by molar-refractivity contribution is 4.98. The number of nitrogens with zero attached hydrogens (tertiary/aromatic N) is 3. The summed E-state index contributed by atoms with van der Waals surface area (Å²) >= 11 is 0. The van der Waals surface area contributed by atoms with Crippen LogP contribution in [0.5, 0.6) is 0 Å². The average Bonchev–Trinajstić information content (AvgIpc) is 2.05. The summed E-state index contributed by atoms with van der Waals surface area (Å²) in [4.78, 5) is 2.70. The zero-order chi connectivity index (χ0) is 8.81. The molecule has 1 N–H and O–H groups in total. The lowest BCUT2D eigenvalue weighted by molar-refractivity contribution is 0.146. The third-order valence-corrected chi connectivity index (χ3v) is 2.03.